The average Bonchev–Trinajstić information content (AvgIpc) is 1.90. The van der Waals surface area contributed by atoms with Crippen LogP contribution in [0.4, 0.5) is 0 Å². The number of nitrogens with one attached hydrogen (secondary N) is 1. The first kappa shape index (κ1) is 5.16. The Bertz CT molecular complexity index is 142. The smallest absolute Gasteiger partial charge is 0.0336 e. The van der Waals surface area contributed by atoms with Gasteiger partial charge in [-0.05, 0) is 12.2 Å². The van der Waals surface area contributed by atoms with Crippen LogP contribution in [0.15, 0.2) is 36.6 Å². The third-order valence-electron chi connectivity index (χ3n) is 1.06. The molecule has 0 aliphatic carbocycles. The minimum atomic E-state index is 0.928. The van der Waals surface area contributed by atoms with Crippen LogP contribution in [0.25, 0.3) is 0 Å². The molecule has 42 valence electrons. The predicted molar refractivity (Wildman–Crippen MR) is 35.4 cm³/mol. The molecule has 0 fully saturated rings. The van der Waals surface area contributed by atoms with Gasteiger partial charge in [-0.3, -0.25) is 0 Å². The van der Waals surface area contributed by atoms with E-state index in [2.05, 4.69) is 18.0 Å². The maximum Gasteiger partial charge on any atom is 0.0336 e. The Morgan fingerprint density at radius 1 is 1.75 bits per heavy atom. The highest BCUT2D eigenvalue weighted by Gasteiger charge is 1.88. The Hall–Kier alpha value is -0.980. The van der Waals surface area contributed by atoms with Gasteiger partial charge in [0.05, 0.1) is 0 Å². The van der Waals surface area contributed by atoms with Crippen LogP contribution in [0, 0.1) is 0 Å². The highest BCUT2D eigenvalue weighted by atomic mass is 14.9. The lowest BCUT2D eigenvalue weighted by Crippen LogP contribution is -2.13. The molecule has 0 saturated carbocycles. The molecule has 0 bridgehead atoms. The van der Waals surface area contributed by atoms with Crippen molar-refractivity contribution >= 4 is 0 Å². The first-order valence-electron chi connectivity index (χ1n) is 2.66. The maximum absolute atomic E-state index is 3.62. The molecule has 1 heteroatoms. The van der Waals surface area contributed by atoms with Crippen molar-refractivity contribution in [3.05, 3.63) is 36.6 Å². The van der Waals surface area contributed by atoms with E-state index in [4.69, 9.17) is 0 Å². The molecule has 1 rings (SSSR count). The van der Waals surface area contributed by atoms with Crippen LogP contribution in [0.3, 0.4) is 0 Å². The minimum absolute atomic E-state index is 0.928. The molecule has 1 heterocycles. The van der Waals surface area contributed by atoms with Gasteiger partial charge in [0.15, 0.2) is 0 Å². The largest absolute Gasteiger partial charge is 0.382 e. The monoisotopic (exact) mass is 107 g/mol. The SMILES string of the molecule is C=CC1=CC=CCN1. The van der Waals surface area contributed by atoms with Crippen LogP contribution < -0.4 is 5.32 Å². The van der Waals surface area contributed by atoms with Crippen LogP contribution in [0.1, 0.15) is 0 Å². The van der Waals surface area contributed by atoms with E-state index in [1.807, 2.05) is 18.2 Å². The molecule has 0 amide bonds. The first-order valence-corrected chi connectivity index (χ1v) is 2.66. The Morgan fingerprint density at radius 3 is 3.00 bits per heavy atom. The number of allylic oxidation sites excluding steroid dienone is 3. The normalized spacial score (nSPS) is 16.8. The summed E-state index contributed by atoms with van der Waals surface area (Å²) in [6.45, 7) is 4.55. The zero-order valence-electron chi connectivity index (χ0n) is 4.72. The van der Waals surface area contributed by atoms with Crippen LogP contribution in [-0.2, 0) is 0 Å². The molecule has 1 nitrogen and oxygen atoms in total. The summed E-state index contributed by atoms with van der Waals surface area (Å²) in [5, 5.41) is 3.12. The molecule has 0 aromatic heterocycles. The zero-order chi connectivity index (χ0) is 5.82. The van der Waals surface area contributed by atoms with E-state index in [0.717, 1.165) is 12.2 Å². The van der Waals surface area contributed by atoms with Crippen molar-refractivity contribution in [2.75, 3.05) is 6.54 Å². The molecule has 1 aliphatic heterocycles. The summed E-state index contributed by atoms with van der Waals surface area (Å²) >= 11 is 0. The van der Waals surface area contributed by atoms with E-state index < -0.39 is 0 Å². The second-order valence-electron chi connectivity index (χ2n) is 1.64. The summed E-state index contributed by atoms with van der Waals surface area (Å²) in [6.07, 6.45) is 7.89. The Labute approximate surface area is 49.4 Å². The lowest BCUT2D eigenvalue weighted by atomic mass is 10.3. The molecule has 0 saturated heterocycles. The fourth-order valence-corrected chi connectivity index (χ4v) is 0.616. The quantitative estimate of drug-likeness (QED) is 0.531. The minimum Gasteiger partial charge on any atom is -0.382 e. The van der Waals surface area contributed by atoms with Crippen LogP contribution in [-0.4, -0.2) is 6.54 Å². The molecule has 0 spiro atoms. The summed E-state index contributed by atoms with van der Waals surface area (Å²) < 4.78 is 0. The standard InChI is InChI=1S/C7H9N/c1-2-7-5-3-4-6-8-7/h2-5,8H,1,6H2. The fraction of sp³-hybridized carbons (Fsp3) is 0.143. The highest BCUT2D eigenvalue weighted by molar-refractivity contribution is 5.24. The molecule has 1 aliphatic rings. The van der Waals surface area contributed by atoms with Crippen molar-refractivity contribution in [1.29, 1.82) is 0 Å². The lowest BCUT2D eigenvalue weighted by molar-refractivity contribution is 0.922. The Morgan fingerprint density at radius 2 is 2.62 bits per heavy atom. The summed E-state index contributed by atoms with van der Waals surface area (Å²) in [5.41, 5.74) is 1.10. The topological polar surface area (TPSA) is 12.0 Å². The number of dihydropyridines is 1. The molecule has 1 N–H and O–H groups in total. The third-order valence-corrected chi connectivity index (χ3v) is 1.06. The molecule has 0 atom stereocenters. The summed E-state index contributed by atoms with van der Waals surface area (Å²) in [4.78, 5) is 0. The van der Waals surface area contributed by atoms with Gasteiger partial charge in [-0.15, -0.1) is 0 Å². The van der Waals surface area contributed by atoms with E-state index in [0.29, 0.717) is 0 Å². The fourth-order valence-electron chi connectivity index (χ4n) is 0.616. The molecule has 0 aromatic carbocycles. The molecule has 0 aromatic rings. The average molecular weight is 107 g/mol. The van der Waals surface area contributed by atoms with Gasteiger partial charge in [-0.1, -0.05) is 18.7 Å². The molecule has 0 radical (unpaired) electrons. The maximum atomic E-state index is 3.62. The van der Waals surface area contributed by atoms with E-state index >= 15 is 0 Å². The first-order chi connectivity index (χ1) is 3.93. The lowest BCUT2D eigenvalue weighted by Gasteiger charge is -2.05. The molecular weight excluding hydrogens is 98.1 g/mol. The van der Waals surface area contributed by atoms with Gasteiger partial charge in [0.2, 0.25) is 0 Å². The van der Waals surface area contributed by atoms with Crippen molar-refractivity contribution in [3.8, 4) is 0 Å². The second-order valence-corrected chi connectivity index (χ2v) is 1.64. The van der Waals surface area contributed by atoms with Gasteiger partial charge in [-0.2, -0.15) is 0 Å². The summed E-state index contributed by atoms with van der Waals surface area (Å²) in [7, 11) is 0. The number of hydrogen-bond acceptors (Lipinski definition) is 1. The molecular formula is C7H9N. The molecule has 8 heavy (non-hydrogen) atoms. The van der Waals surface area contributed by atoms with E-state index in [1.165, 1.54) is 0 Å². The third kappa shape index (κ3) is 0.997. The number of hydrogen-bond donors (Lipinski definition) is 1. The second kappa shape index (κ2) is 2.36. The van der Waals surface area contributed by atoms with Crippen molar-refractivity contribution in [2.45, 2.75) is 0 Å². The van der Waals surface area contributed by atoms with Gasteiger partial charge < -0.3 is 5.32 Å². The zero-order valence-corrected chi connectivity index (χ0v) is 4.72. The highest BCUT2D eigenvalue weighted by Crippen LogP contribution is 1.94. The Balaban J connectivity index is 2.63. The molecule has 0 unspecified atom stereocenters. The van der Waals surface area contributed by atoms with Gasteiger partial charge in [0, 0.05) is 12.2 Å². The van der Waals surface area contributed by atoms with Gasteiger partial charge in [0.25, 0.3) is 0 Å². The van der Waals surface area contributed by atoms with Gasteiger partial charge in [-0.25, -0.2) is 0 Å². The van der Waals surface area contributed by atoms with Crippen molar-refractivity contribution < 1.29 is 0 Å². The van der Waals surface area contributed by atoms with Gasteiger partial charge in [0.1, 0.15) is 0 Å². The van der Waals surface area contributed by atoms with E-state index in [-0.39, 0.29) is 0 Å². The van der Waals surface area contributed by atoms with Crippen LogP contribution >= 0.6 is 0 Å². The number of rotatable bonds is 1. The van der Waals surface area contributed by atoms with E-state index in [1.54, 1.807) is 0 Å². The van der Waals surface area contributed by atoms with Crippen LogP contribution in [0.2, 0.25) is 0 Å². The van der Waals surface area contributed by atoms with Crippen molar-refractivity contribution in [3.63, 3.8) is 0 Å². The van der Waals surface area contributed by atoms with Crippen molar-refractivity contribution in [1.82, 2.24) is 5.32 Å². The van der Waals surface area contributed by atoms with Crippen LogP contribution in [0.5, 0.6) is 0 Å². The van der Waals surface area contributed by atoms with E-state index in [9.17, 15) is 0 Å². The summed E-state index contributed by atoms with van der Waals surface area (Å²) in [6, 6.07) is 0. The van der Waals surface area contributed by atoms with Gasteiger partial charge >= 0.3 is 0 Å². The Kier molecular flexibility index (Phi) is 1.52. The summed E-state index contributed by atoms with van der Waals surface area (Å²) in [5.74, 6) is 0. The predicted octanol–water partition coefficient (Wildman–Crippen LogP) is 1.22. The van der Waals surface area contributed by atoms with Crippen molar-refractivity contribution in [2.24, 2.45) is 0 Å².